The molecule has 0 aliphatic rings. The van der Waals surface area contributed by atoms with Crippen molar-refractivity contribution in [3.63, 3.8) is 0 Å². The van der Waals surface area contributed by atoms with E-state index in [1.165, 1.54) is 0 Å². The third-order valence-corrected chi connectivity index (χ3v) is 11.1. The van der Waals surface area contributed by atoms with Gasteiger partial charge in [0.1, 0.15) is 57.3 Å². The second kappa shape index (κ2) is 27.0. The summed E-state index contributed by atoms with van der Waals surface area (Å²) >= 11 is 0. The summed E-state index contributed by atoms with van der Waals surface area (Å²) in [5.41, 5.74) is 3.71. The van der Waals surface area contributed by atoms with E-state index < -0.39 is 23.6 Å². The maximum absolute atomic E-state index is 13.3. The summed E-state index contributed by atoms with van der Waals surface area (Å²) in [7, 11) is 6.36. The van der Waals surface area contributed by atoms with Crippen LogP contribution in [0.25, 0.3) is 0 Å². The summed E-state index contributed by atoms with van der Waals surface area (Å²) in [6.45, 7) is 1.76. The molecule has 366 valence electrons. The number of pyridine rings is 2. The van der Waals surface area contributed by atoms with Crippen LogP contribution in [0.4, 0.5) is 0 Å². The molecule has 0 atom stereocenters. The Morgan fingerprint density at radius 1 is 0.343 bits per heavy atom. The first-order valence-electron chi connectivity index (χ1n) is 23.1. The number of benzene rings is 4. The summed E-state index contributed by atoms with van der Waals surface area (Å²) in [5, 5.41) is 11.5. The normalized spacial score (nSPS) is 10.6. The van der Waals surface area contributed by atoms with Gasteiger partial charge in [-0.25, -0.2) is 9.97 Å². The highest BCUT2D eigenvalue weighted by Crippen LogP contribution is 2.20. The van der Waals surface area contributed by atoms with Gasteiger partial charge in [-0.1, -0.05) is 74.2 Å². The van der Waals surface area contributed by atoms with Crippen LogP contribution in [0.2, 0.25) is 0 Å². The van der Waals surface area contributed by atoms with Gasteiger partial charge < -0.3 is 49.7 Å². The number of unbranched alkanes of at least 4 members (excludes halogenated alkanes) is 5. The molecule has 0 unspecified atom stereocenters. The number of carbonyl (C=O) groups is 4. The SMILES string of the molecule is COc1ccc(CNC(=O)c2cc(OCCCCCCCCOc3cc(C(=O)NCc4ccc(OC)cc4)nc(C(=O)NCc4ccc(OC)cc4)c3)cc(C(=O)NCc3ccc(OC)cc3)n2)cc1. The first-order valence-corrected chi connectivity index (χ1v) is 23.1. The summed E-state index contributed by atoms with van der Waals surface area (Å²) in [6, 6.07) is 35.6. The average Bonchev–Trinajstić information content (AvgIpc) is 3.41. The number of hydrogen-bond donors (Lipinski definition) is 4. The molecule has 0 aliphatic heterocycles. The highest BCUT2D eigenvalue weighted by Gasteiger charge is 2.18. The number of nitrogens with zero attached hydrogens (tertiary/aromatic N) is 2. The van der Waals surface area contributed by atoms with Crippen molar-refractivity contribution < 1.29 is 47.6 Å². The third-order valence-electron chi connectivity index (χ3n) is 11.1. The van der Waals surface area contributed by atoms with E-state index in [2.05, 4.69) is 31.2 Å². The molecule has 0 saturated heterocycles. The van der Waals surface area contributed by atoms with Crippen molar-refractivity contribution in [2.24, 2.45) is 0 Å². The molecule has 0 fully saturated rings. The summed E-state index contributed by atoms with van der Waals surface area (Å²) in [4.78, 5) is 62.1. The van der Waals surface area contributed by atoms with Gasteiger partial charge in [0.2, 0.25) is 0 Å². The highest BCUT2D eigenvalue weighted by molar-refractivity contribution is 5.98. The van der Waals surface area contributed by atoms with E-state index >= 15 is 0 Å². The van der Waals surface area contributed by atoms with E-state index in [1.54, 1.807) is 52.7 Å². The molecule has 70 heavy (non-hydrogen) atoms. The van der Waals surface area contributed by atoms with Gasteiger partial charge in [-0.3, -0.25) is 19.2 Å². The van der Waals surface area contributed by atoms with Crippen LogP contribution in [0.1, 0.15) is 103 Å². The van der Waals surface area contributed by atoms with Crippen molar-refractivity contribution in [1.29, 1.82) is 0 Å². The van der Waals surface area contributed by atoms with Crippen LogP contribution in [-0.4, -0.2) is 75.2 Å². The summed E-state index contributed by atoms with van der Waals surface area (Å²) in [6.07, 6.45) is 5.18. The number of nitrogens with one attached hydrogen (secondary N) is 4. The Hall–Kier alpha value is -8.14. The van der Waals surface area contributed by atoms with Crippen molar-refractivity contribution in [2.45, 2.75) is 64.7 Å². The number of aromatic nitrogens is 2. The number of rotatable bonds is 27. The molecule has 0 aliphatic carbocycles. The number of hydrogen-bond acceptors (Lipinski definition) is 12. The molecule has 6 rings (SSSR count). The lowest BCUT2D eigenvalue weighted by atomic mass is 10.1. The Labute approximate surface area is 408 Å². The van der Waals surface area contributed by atoms with Gasteiger partial charge in [-0.15, -0.1) is 0 Å². The van der Waals surface area contributed by atoms with Gasteiger partial charge >= 0.3 is 0 Å². The molecule has 0 spiro atoms. The van der Waals surface area contributed by atoms with Gasteiger partial charge in [-0.05, 0) is 83.6 Å². The lowest BCUT2D eigenvalue weighted by Crippen LogP contribution is -2.27. The number of ether oxygens (including phenoxy) is 6. The second-order valence-corrected chi connectivity index (χ2v) is 16.1. The fraction of sp³-hybridized carbons (Fsp3) is 0.296. The molecule has 6 aromatic rings. The largest absolute Gasteiger partial charge is 0.497 e. The Morgan fingerprint density at radius 2 is 0.571 bits per heavy atom. The summed E-state index contributed by atoms with van der Waals surface area (Å²) < 4.78 is 33.1. The van der Waals surface area contributed by atoms with E-state index in [1.807, 2.05) is 97.1 Å². The quantitative estimate of drug-likeness (QED) is 0.0364. The van der Waals surface area contributed by atoms with Gasteiger partial charge in [0, 0.05) is 50.4 Å². The minimum atomic E-state index is -0.447. The molecule has 2 heterocycles. The predicted molar refractivity (Wildman–Crippen MR) is 264 cm³/mol. The maximum atomic E-state index is 13.3. The molecule has 16 nitrogen and oxygen atoms in total. The molecule has 2 aromatic heterocycles. The minimum absolute atomic E-state index is 0.0584. The zero-order chi connectivity index (χ0) is 49.5. The molecule has 16 heteroatoms. The Balaban J connectivity index is 0.977. The van der Waals surface area contributed by atoms with Crippen LogP contribution in [0.5, 0.6) is 34.5 Å². The monoisotopic (exact) mass is 952 g/mol. The fourth-order valence-electron chi connectivity index (χ4n) is 7.00. The van der Waals surface area contributed by atoms with Gasteiger partial charge in [0.15, 0.2) is 0 Å². The zero-order valence-electron chi connectivity index (χ0n) is 40.0. The topological polar surface area (TPSA) is 198 Å². The Bertz CT molecular complexity index is 2280. The van der Waals surface area contributed by atoms with Crippen molar-refractivity contribution in [1.82, 2.24) is 31.2 Å². The maximum Gasteiger partial charge on any atom is 0.270 e. The number of carbonyl (C=O) groups excluding carboxylic acids is 4. The number of amides is 4. The predicted octanol–water partition coefficient (Wildman–Crippen LogP) is 8.03. The fourth-order valence-corrected chi connectivity index (χ4v) is 7.00. The van der Waals surface area contributed by atoms with E-state index in [-0.39, 0.29) is 49.0 Å². The van der Waals surface area contributed by atoms with Crippen LogP contribution in [0.15, 0.2) is 121 Å². The first-order chi connectivity index (χ1) is 34.1. The van der Waals surface area contributed by atoms with Gasteiger partial charge in [0.25, 0.3) is 23.6 Å². The second-order valence-electron chi connectivity index (χ2n) is 16.1. The first kappa shape index (κ1) is 51.3. The molecule has 0 bridgehead atoms. The molecular formula is C54H60N6O10. The number of methoxy groups -OCH3 is 4. The van der Waals surface area contributed by atoms with Crippen LogP contribution in [0, 0.1) is 0 Å². The van der Waals surface area contributed by atoms with Crippen LogP contribution in [0.3, 0.4) is 0 Å². The van der Waals surface area contributed by atoms with Crippen molar-refractivity contribution in [2.75, 3.05) is 41.7 Å². The van der Waals surface area contributed by atoms with E-state index in [9.17, 15) is 19.2 Å². The summed E-state index contributed by atoms with van der Waals surface area (Å²) in [5.74, 6) is 1.77. The van der Waals surface area contributed by atoms with Crippen molar-refractivity contribution >= 4 is 23.6 Å². The molecule has 0 saturated carbocycles. The molecule has 4 amide bonds. The van der Waals surface area contributed by atoms with E-state index in [0.29, 0.717) is 47.7 Å². The van der Waals surface area contributed by atoms with Crippen LogP contribution >= 0.6 is 0 Å². The molecular weight excluding hydrogens is 893 g/mol. The smallest absolute Gasteiger partial charge is 0.270 e. The van der Waals surface area contributed by atoms with Crippen LogP contribution in [-0.2, 0) is 26.2 Å². The van der Waals surface area contributed by atoms with Gasteiger partial charge in [0.05, 0.1) is 41.7 Å². The molecule has 0 radical (unpaired) electrons. The average molecular weight is 953 g/mol. The zero-order valence-corrected chi connectivity index (χ0v) is 40.0. The van der Waals surface area contributed by atoms with E-state index in [4.69, 9.17) is 28.4 Å². The third kappa shape index (κ3) is 16.3. The standard InChI is InChI=1S/C54H60N6O10/c1-65-41-19-11-37(12-20-41)33-55-51(61)47-29-45(30-48(59-47)52(62)56-34-38-13-21-42(66-2)22-14-38)69-27-9-7-5-6-8-10-28-70-46-31-49(53(63)57-35-39-15-23-43(67-3)24-16-39)60-50(32-46)54(64)58-36-40-17-25-44(68-4)26-18-40/h11-26,29-32H,5-10,27-28,33-36H2,1-4H3,(H,55,61)(H,56,62)(H,57,63)(H,58,64). The Kier molecular flexibility index (Phi) is 19.8. The van der Waals surface area contributed by atoms with Crippen molar-refractivity contribution in [3.05, 3.63) is 166 Å². The lowest BCUT2D eigenvalue weighted by molar-refractivity contribution is 0.0924. The molecule has 4 aromatic carbocycles. The highest BCUT2D eigenvalue weighted by atomic mass is 16.5. The molecule has 4 N–H and O–H groups in total. The Morgan fingerprint density at radius 3 is 0.800 bits per heavy atom. The minimum Gasteiger partial charge on any atom is -0.497 e. The van der Waals surface area contributed by atoms with Crippen LogP contribution < -0.4 is 49.7 Å². The lowest BCUT2D eigenvalue weighted by Gasteiger charge is -2.12. The van der Waals surface area contributed by atoms with Gasteiger partial charge in [-0.2, -0.15) is 0 Å². The van der Waals surface area contributed by atoms with E-state index in [0.717, 1.165) is 60.8 Å². The van der Waals surface area contributed by atoms with Crippen molar-refractivity contribution in [3.8, 4) is 34.5 Å².